The SMILES string of the molecule is C=C(C)C(=O)OC(C)(C)C1CCc2cc(C)ccc2C1. The van der Waals surface area contributed by atoms with E-state index in [0.717, 1.165) is 19.3 Å². The minimum absolute atomic E-state index is 0.287. The van der Waals surface area contributed by atoms with Crippen LogP contribution < -0.4 is 0 Å². The van der Waals surface area contributed by atoms with Crippen molar-refractivity contribution >= 4 is 5.97 Å². The fraction of sp³-hybridized carbons (Fsp3) is 0.500. The van der Waals surface area contributed by atoms with E-state index in [1.54, 1.807) is 6.92 Å². The first-order chi connectivity index (χ1) is 9.29. The van der Waals surface area contributed by atoms with Crippen molar-refractivity contribution in [3.63, 3.8) is 0 Å². The highest BCUT2D eigenvalue weighted by atomic mass is 16.6. The van der Waals surface area contributed by atoms with Gasteiger partial charge in [-0.05, 0) is 58.1 Å². The maximum Gasteiger partial charge on any atom is 0.333 e. The predicted molar refractivity (Wildman–Crippen MR) is 81.7 cm³/mol. The number of carbonyl (C=O) groups is 1. The Morgan fingerprint density at radius 1 is 1.35 bits per heavy atom. The van der Waals surface area contributed by atoms with Gasteiger partial charge < -0.3 is 4.74 Å². The number of rotatable bonds is 3. The lowest BCUT2D eigenvalue weighted by molar-refractivity contribution is -0.157. The summed E-state index contributed by atoms with van der Waals surface area (Å²) in [4.78, 5) is 11.8. The second-order valence-corrected chi connectivity index (χ2v) is 6.49. The Hall–Kier alpha value is -1.57. The molecule has 2 heteroatoms. The van der Waals surface area contributed by atoms with Crippen molar-refractivity contribution in [3.8, 4) is 0 Å². The Kier molecular flexibility index (Phi) is 4.03. The number of ether oxygens (including phenoxy) is 1. The van der Waals surface area contributed by atoms with E-state index in [2.05, 4.69) is 31.7 Å². The Balaban J connectivity index is 2.13. The number of hydrogen-bond acceptors (Lipinski definition) is 2. The molecule has 0 radical (unpaired) electrons. The topological polar surface area (TPSA) is 26.3 Å². The van der Waals surface area contributed by atoms with Gasteiger partial charge in [0.1, 0.15) is 5.60 Å². The van der Waals surface area contributed by atoms with Gasteiger partial charge in [0, 0.05) is 11.5 Å². The highest BCUT2D eigenvalue weighted by Crippen LogP contribution is 2.35. The van der Waals surface area contributed by atoms with Crippen LogP contribution in [0.15, 0.2) is 30.4 Å². The molecule has 1 atom stereocenters. The number of esters is 1. The van der Waals surface area contributed by atoms with Crippen LogP contribution in [0.4, 0.5) is 0 Å². The van der Waals surface area contributed by atoms with Crippen LogP contribution in [0.5, 0.6) is 0 Å². The summed E-state index contributed by atoms with van der Waals surface area (Å²) in [6, 6.07) is 6.65. The smallest absolute Gasteiger partial charge is 0.333 e. The molecule has 1 aliphatic carbocycles. The average Bonchev–Trinajstić information content (AvgIpc) is 2.37. The molecule has 0 heterocycles. The first kappa shape index (κ1) is 14.8. The Labute approximate surface area is 121 Å². The van der Waals surface area contributed by atoms with Gasteiger partial charge in [0.2, 0.25) is 0 Å². The molecule has 1 aliphatic rings. The Morgan fingerprint density at radius 2 is 2.05 bits per heavy atom. The van der Waals surface area contributed by atoms with Crippen LogP contribution in [0, 0.1) is 12.8 Å². The maximum absolute atomic E-state index is 11.8. The molecule has 1 unspecified atom stereocenters. The van der Waals surface area contributed by atoms with Crippen LogP contribution in [-0.2, 0) is 22.4 Å². The van der Waals surface area contributed by atoms with Crippen LogP contribution in [-0.4, -0.2) is 11.6 Å². The minimum Gasteiger partial charge on any atom is -0.456 e. The van der Waals surface area contributed by atoms with Gasteiger partial charge in [-0.15, -0.1) is 0 Å². The fourth-order valence-corrected chi connectivity index (χ4v) is 2.89. The maximum atomic E-state index is 11.8. The zero-order chi connectivity index (χ0) is 14.9. The van der Waals surface area contributed by atoms with E-state index in [9.17, 15) is 4.79 Å². The van der Waals surface area contributed by atoms with E-state index in [4.69, 9.17) is 4.74 Å². The summed E-state index contributed by atoms with van der Waals surface area (Å²) in [5, 5.41) is 0. The van der Waals surface area contributed by atoms with Gasteiger partial charge in [-0.2, -0.15) is 0 Å². The highest BCUT2D eigenvalue weighted by Gasteiger charge is 2.35. The molecule has 0 bridgehead atoms. The number of aryl methyl sites for hydroxylation is 2. The molecule has 0 spiro atoms. The van der Waals surface area contributed by atoms with Crippen molar-refractivity contribution in [1.29, 1.82) is 0 Å². The summed E-state index contributed by atoms with van der Waals surface area (Å²) in [6.45, 7) is 11.5. The Bertz CT molecular complexity index is 540. The van der Waals surface area contributed by atoms with Crippen molar-refractivity contribution < 1.29 is 9.53 Å². The van der Waals surface area contributed by atoms with Crippen molar-refractivity contribution in [2.75, 3.05) is 0 Å². The molecule has 1 aromatic rings. The van der Waals surface area contributed by atoms with Crippen molar-refractivity contribution in [1.82, 2.24) is 0 Å². The van der Waals surface area contributed by atoms with E-state index in [-0.39, 0.29) is 5.97 Å². The van der Waals surface area contributed by atoms with Gasteiger partial charge in [-0.1, -0.05) is 30.3 Å². The minimum atomic E-state index is -0.446. The Morgan fingerprint density at radius 3 is 2.70 bits per heavy atom. The van der Waals surface area contributed by atoms with Gasteiger partial charge in [-0.25, -0.2) is 4.79 Å². The van der Waals surface area contributed by atoms with Gasteiger partial charge in [0.25, 0.3) is 0 Å². The summed E-state index contributed by atoms with van der Waals surface area (Å²) in [5.41, 5.74) is 4.17. The summed E-state index contributed by atoms with van der Waals surface area (Å²) >= 11 is 0. The molecule has 108 valence electrons. The first-order valence-electron chi connectivity index (χ1n) is 7.27. The summed E-state index contributed by atoms with van der Waals surface area (Å²) < 4.78 is 5.64. The lowest BCUT2D eigenvalue weighted by Gasteiger charge is -2.37. The number of benzene rings is 1. The molecular formula is C18H24O2. The monoisotopic (exact) mass is 272 g/mol. The molecular weight excluding hydrogens is 248 g/mol. The van der Waals surface area contributed by atoms with Crippen molar-refractivity contribution in [2.45, 2.75) is 52.6 Å². The zero-order valence-corrected chi connectivity index (χ0v) is 13.0. The molecule has 20 heavy (non-hydrogen) atoms. The molecule has 0 fully saturated rings. The average molecular weight is 272 g/mol. The molecule has 0 N–H and O–H groups in total. The van der Waals surface area contributed by atoms with Crippen LogP contribution in [0.3, 0.4) is 0 Å². The largest absolute Gasteiger partial charge is 0.456 e. The summed E-state index contributed by atoms with van der Waals surface area (Å²) in [6.07, 6.45) is 3.11. The summed E-state index contributed by atoms with van der Waals surface area (Å²) in [7, 11) is 0. The standard InChI is InChI=1S/C18H24O2/c1-12(2)17(19)20-18(4,5)16-9-8-14-10-13(3)6-7-15(14)11-16/h6-7,10,16H,1,8-9,11H2,2-5H3. The molecule has 2 rings (SSSR count). The molecule has 0 aliphatic heterocycles. The molecule has 0 saturated carbocycles. The highest BCUT2D eigenvalue weighted by molar-refractivity contribution is 5.87. The van der Waals surface area contributed by atoms with Crippen LogP contribution in [0.25, 0.3) is 0 Å². The van der Waals surface area contributed by atoms with E-state index < -0.39 is 5.60 Å². The summed E-state index contributed by atoms with van der Waals surface area (Å²) in [5.74, 6) is 0.0747. The van der Waals surface area contributed by atoms with Gasteiger partial charge in [0.15, 0.2) is 0 Å². The third-order valence-corrected chi connectivity index (χ3v) is 4.28. The van der Waals surface area contributed by atoms with E-state index in [1.807, 2.05) is 13.8 Å². The van der Waals surface area contributed by atoms with Gasteiger partial charge in [0.05, 0.1) is 0 Å². The predicted octanol–water partition coefficient (Wildman–Crippen LogP) is 4.00. The van der Waals surface area contributed by atoms with E-state index >= 15 is 0 Å². The van der Waals surface area contributed by atoms with Crippen LogP contribution in [0.1, 0.15) is 43.9 Å². The third-order valence-electron chi connectivity index (χ3n) is 4.28. The van der Waals surface area contributed by atoms with Crippen LogP contribution in [0.2, 0.25) is 0 Å². The number of fused-ring (bicyclic) bond motifs is 1. The third kappa shape index (κ3) is 3.12. The fourth-order valence-electron chi connectivity index (χ4n) is 2.89. The van der Waals surface area contributed by atoms with Crippen LogP contribution >= 0.6 is 0 Å². The molecule has 1 aromatic carbocycles. The molecule has 0 aromatic heterocycles. The second-order valence-electron chi connectivity index (χ2n) is 6.49. The van der Waals surface area contributed by atoms with Gasteiger partial charge >= 0.3 is 5.97 Å². The molecule has 0 amide bonds. The number of hydrogen-bond donors (Lipinski definition) is 0. The quantitative estimate of drug-likeness (QED) is 0.614. The molecule has 2 nitrogen and oxygen atoms in total. The van der Waals surface area contributed by atoms with Gasteiger partial charge in [-0.3, -0.25) is 0 Å². The zero-order valence-electron chi connectivity index (χ0n) is 13.0. The second kappa shape index (κ2) is 5.43. The van der Waals surface area contributed by atoms with E-state index in [1.165, 1.54) is 16.7 Å². The normalized spacial score (nSPS) is 18.3. The number of carbonyl (C=O) groups excluding carboxylic acids is 1. The van der Waals surface area contributed by atoms with E-state index in [0.29, 0.717) is 11.5 Å². The lowest BCUT2D eigenvalue weighted by atomic mass is 9.75. The molecule has 0 saturated heterocycles. The van der Waals surface area contributed by atoms with Crippen molar-refractivity contribution in [2.24, 2.45) is 5.92 Å². The van der Waals surface area contributed by atoms with Crippen molar-refractivity contribution in [3.05, 3.63) is 47.0 Å². The first-order valence-corrected chi connectivity index (χ1v) is 7.27. The lowest BCUT2D eigenvalue weighted by Crippen LogP contribution is -2.40.